The van der Waals surface area contributed by atoms with Gasteiger partial charge in [-0.3, -0.25) is 10.1 Å². The van der Waals surface area contributed by atoms with Crippen molar-refractivity contribution in [1.29, 1.82) is 0 Å². The Kier molecular flexibility index (Phi) is 8.03. The summed E-state index contributed by atoms with van der Waals surface area (Å²) in [5.41, 5.74) is 2.32. The molecule has 0 radical (unpaired) electrons. The largest absolute Gasteiger partial charge is 0.491 e. The summed E-state index contributed by atoms with van der Waals surface area (Å²) in [6, 6.07) is 12.7. The average Bonchev–Trinajstić information content (AvgIpc) is 2.61. The normalized spacial score (nSPS) is 10.3. The molecule has 0 aromatic heterocycles. The molecule has 2 aromatic carbocycles. The first-order chi connectivity index (χ1) is 12.5. The number of nitrogens with one attached hydrogen (secondary N) is 2. The zero-order chi connectivity index (χ0) is 18.9. The van der Waals surface area contributed by atoms with Gasteiger partial charge in [-0.1, -0.05) is 28.1 Å². The maximum Gasteiger partial charge on any atom is 0.257 e. The van der Waals surface area contributed by atoms with Crippen molar-refractivity contribution in [3.63, 3.8) is 0 Å². The number of amides is 1. The lowest BCUT2D eigenvalue weighted by Crippen LogP contribution is -2.34. The first-order valence-electron chi connectivity index (χ1n) is 8.18. The van der Waals surface area contributed by atoms with Crippen LogP contribution in [0.5, 0.6) is 5.75 Å². The highest BCUT2D eigenvalue weighted by Crippen LogP contribution is 2.18. The van der Waals surface area contributed by atoms with Gasteiger partial charge in [0.15, 0.2) is 5.11 Å². The summed E-state index contributed by atoms with van der Waals surface area (Å²) in [6.45, 7) is 5.57. The second-order valence-corrected chi connectivity index (χ2v) is 6.71. The quantitative estimate of drug-likeness (QED) is 0.500. The number of ether oxygens (including phenoxy) is 2. The fourth-order valence-electron chi connectivity index (χ4n) is 2.10. The summed E-state index contributed by atoms with van der Waals surface area (Å²) < 4.78 is 11.7. The summed E-state index contributed by atoms with van der Waals surface area (Å²) >= 11 is 8.64. The first-order valence-corrected chi connectivity index (χ1v) is 9.39. The van der Waals surface area contributed by atoms with Gasteiger partial charge in [-0.05, 0) is 55.9 Å². The van der Waals surface area contributed by atoms with Crippen LogP contribution in [0.4, 0.5) is 5.69 Å². The van der Waals surface area contributed by atoms with Gasteiger partial charge in [0.25, 0.3) is 5.91 Å². The van der Waals surface area contributed by atoms with E-state index < -0.39 is 0 Å². The predicted octanol–water partition coefficient (Wildman–Crippen LogP) is 4.30. The minimum atomic E-state index is -0.271. The van der Waals surface area contributed by atoms with Gasteiger partial charge in [-0.25, -0.2) is 0 Å². The van der Waals surface area contributed by atoms with E-state index >= 15 is 0 Å². The molecule has 0 aliphatic rings. The number of rotatable bonds is 7. The molecular weight excluding hydrogens is 416 g/mol. The van der Waals surface area contributed by atoms with E-state index in [9.17, 15) is 4.79 Å². The van der Waals surface area contributed by atoms with Crippen molar-refractivity contribution < 1.29 is 14.3 Å². The third-order valence-electron chi connectivity index (χ3n) is 3.45. The number of anilines is 1. The lowest BCUT2D eigenvalue weighted by Gasteiger charge is -2.12. The van der Waals surface area contributed by atoms with E-state index in [0.29, 0.717) is 31.1 Å². The fourth-order valence-corrected chi connectivity index (χ4v) is 2.69. The molecule has 1 amide bonds. The van der Waals surface area contributed by atoms with Crippen LogP contribution in [0.15, 0.2) is 46.9 Å². The minimum absolute atomic E-state index is 0.221. The van der Waals surface area contributed by atoms with Crippen molar-refractivity contribution in [2.45, 2.75) is 13.8 Å². The molecule has 0 saturated carbocycles. The molecule has 5 nitrogen and oxygen atoms in total. The van der Waals surface area contributed by atoms with E-state index in [2.05, 4.69) is 26.6 Å². The molecule has 7 heteroatoms. The molecule has 0 unspecified atom stereocenters. The van der Waals surface area contributed by atoms with Gasteiger partial charge < -0.3 is 14.8 Å². The van der Waals surface area contributed by atoms with Crippen LogP contribution in [0, 0.1) is 6.92 Å². The number of hydrogen-bond donors (Lipinski definition) is 2. The molecule has 0 fully saturated rings. The molecule has 0 bridgehead atoms. The van der Waals surface area contributed by atoms with Crippen molar-refractivity contribution in [3.8, 4) is 5.75 Å². The van der Waals surface area contributed by atoms with Crippen LogP contribution in [0.2, 0.25) is 0 Å². The Balaban J connectivity index is 1.90. The van der Waals surface area contributed by atoms with Crippen molar-refractivity contribution in [1.82, 2.24) is 5.32 Å². The van der Waals surface area contributed by atoms with Crippen LogP contribution < -0.4 is 15.4 Å². The van der Waals surface area contributed by atoms with Crippen LogP contribution in [-0.4, -0.2) is 30.8 Å². The number of carbonyl (C=O) groups is 1. The first kappa shape index (κ1) is 20.4. The number of benzene rings is 2. The molecule has 138 valence electrons. The van der Waals surface area contributed by atoms with E-state index in [4.69, 9.17) is 21.7 Å². The van der Waals surface area contributed by atoms with Gasteiger partial charge >= 0.3 is 0 Å². The predicted molar refractivity (Wildman–Crippen MR) is 111 cm³/mol. The number of carbonyl (C=O) groups excluding carboxylic acids is 1. The average molecular weight is 437 g/mol. The highest BCUT2D eigenvalue weighted by molar-refractivity contribution is 9.10. The van der Waals surface area contributed by atoms with Crippen LogP contribution in [0.25, 0.3) is 0 Å². The monoisotopic (exact) mass is 436 g/mol. The second kappa shape index (κ2) is 10.3. The lowest BCUT2D eigenvalue weighted by molar-refractivity contribution is 0.0977. The van der Waals surface area contributed by atoms with Gasteiger partial charge in [0.2, 0.25) is 0 Å². The summed E-state index contributed by atoms with van der Waals surface area (Å²) in [7, 11) is 0. The fraction of sp³-hybridized carbons (Fsp3) is 0.263. The Bertz CT molecular complexity index is 783. The van der Waals surface area contributed by atoms with Crippen molar-refractivity contribution in [3.05, 3.63) is 58.1 Å². The molecule has 0 aliphatic carbocycles. The molecule has 0 spiro atoms. The summed E-state index contributed by atoms with van der Waals surface area (Å²) in [4.78, 5) is 12.3. The Morgan fingerprint density at radius 1 is 1.19 bits per heavy atom. The van der Waals surface area contributed by atoms with Crippen LogP contribution in [0.1, 0.15) is 22.8 Å². The Morgan fingerprint density at radius 3 is 2.73 bits per heavy atom. The zero-order valence-electron chi connectivity index (χ0n) is 14.7. The third-order valence-corrected chi connectivity index (χ3v) is 4.51. The van der Waals surface area contributed by atoms with Crippen molar-refractivity contribution in [2.75, 3.05) is 25.1 Å². The molecule has 0 atom stereocenters. The summed E-state index contributed by atoms with van der Waals surface area (Å²) in [6.07, 6.45) is 0. The maximum absolute atomic E-state index is 12.3. The highest BCUT2D eigenvalue weighted by atomic mass is 79.9. The summed E-state index contributed by atoms with van der Waals surface area (Å²) in [5, 5.41) is 5.88. The zero-order valence-corrected chi connectivity index (χ0v) is 17.1. The Labute approximate surface area is 167 Å². The van der Waals surface area contributed by atoms with Crippen LogP contribution in [-0.2, 0) is 4.74 Å². The van der Waals surface area contributed by atoms with E-state index in [1.807, 2.05) is 44.2 Å². The van der Waals surface area contributed by atoms with Gasteiger partial charge in [0.1, 0.15) is 12.4 Å². The van der Waals surface area contributed by atoms with Gasteiger partial charge in [-0.15, -0.1) is 0 Å². The molecule has 0 heterocycles. The van der Waals surface area contributed by atoms with Crippen LogP contribution in [0.3, 0.4) is 0 Å². The third kappa shape index (κ3) is 6.40. The minimum Gasteiger partial charge on any atom is -0.491 e. The molecule has 0 saturated heterocycles. The Hall–Kier alpha value is -1.96. The molecule has 0 aliphatic heterocycles. The molecule has 2 rings (SSSR count). The number of aryl methyl sites for hydroxylation is 1. The summed E-state index contributed by atoms with van der Waals surface area (Å²) in [5.74, 6) is 0.429. The molecule has 2 N–H and O–H groups in total. The van der Waals surface area contributed by atoms with E-state index in [1.165, 1.54) is 0 Å². The van der Waals surface area contributed by atoms with Crippen LogP contribution >= 0.6 is 28.1 Å². The maximum atomic E-state index is 12.3. The molecular formula is C19H21BrN2O3S. The van der Waals surface area contributed by atoms with Gasteiger partial charge in [0.05, 0.1) is 6.61 Å². The van der Waals surface area contributed by atoms with Gasteiger partial charge in [-0.2, -0.15) is 0 Å². The number of thiocarbonyl (C=S) groups is 1. The van der Waals surface area contributed by atoms with E-state index in [0.717, 1.165) is 15.7 Å². The smallest absolute Gasteiger partial charge is 0.257 e. The molecule has 26 heavy (non-hydrogen) atoms. The lowest BCUT2D eigenvalue weighted by atomic mass is 10.1. The standard InChI is InChI=1S/C19H21BrN2O3S/c1-3-24-9-10-25-16-6-4-5-15(12-16)21-19(26)22-18(23)14-8-7-13(2)17(20)11-14/h4-8,11-12H,3,9-10H2,1-2H3,(H2,21,22,23,26). The van der Waals surface area contributed by atoms with Crippen molar-refractivity contribution >= 4 is 44.9 Å². The SMILES string of the molecule is CCOCCOc1cccc(NC(=S)NC(=O)c2ccc(C)c(Br)c2)c1. The van der Waals surface area contributed by atoms with E-state index in [1.54, 1.807) is 12.1 Å². The second-order valence-electron chi connectivity index (χ2n) is 5.45. The Morgan fingerprint density at radius 2 is 2.00 bits per heavy atom. The van der Waals surface area contributed by atoms with E-state index in [-0.39, 0.29) is 11.0 Å². The molecule has 2 aromatic rings. The van der Waals surface area contributed by atoms with Gasteiger partial charge in [0, 0.05) is 28.4 Å². The van der Waals surface area contributed by atoms with Crippen molar-refractivity contribution in [2.24, 2.45) is 0 Å². The number of hydrogen-bond acceptors (Lipinski definition) is 4. The highest BCUT2D eigenvalue weighted by Gasteiger charge is 2.09. The number of halogens is 1. The topological polar surface area (TPSA) is 59.6 Å².